The van der Waals surface area contributed by atoms with Crippen LogP contribution in [0.3, 0.4) is 0 Å². The minimum atomic E-state index is -0.101. The summed E-state index contributed by atoms with van der Waals surface area (Å²) in [5.74, 6) is 2.04. The summed E-state index contributed by atoms with van der Waals surface area (Å²) in [5.41, 5.74) is 3.24. The number of benzene rings is 3. The smallest absolute Gasteiger partial charge is 0.247 e. The lowest BCUT2D eigenvalue weighted by atomic mass is 10.0. The van der Waals surface area contributed by atoms with Gasteiger partial charge < -0.3 is 14.1 Å². The quantitative estimate of drug-likeness (QED) is 0.349. The topological polar surface area (TPSA) is 54.6 Å². The summed E-state index contributed by atoms with van der Waals surface area (Å²) in [6.07, 6.45) is 0. The van der Waals surface area contributed by atoms with Gasteiger partial charge in [-0.1, -0.05) is 52.3 Å². The van der Waals surface area contributed by atoms with E-state index in [0.717, 1.165) is 47.5 Å². The number of hydrogen-bond donors (Lipinski definition) is 0. The van der Waals surface area contributed by atoms with E-state index in [9.17, 15) is 0 Å². The SMILES string of the molecule is COc1cccc(N2CCN([C@@H](c3ccc(Br)cc3)c3nnc(-c4ccccc4)o3)CC2)c1. The van der Waals surface area contributed by atoms with Crippen LogP contribution in [0.1, 0.15) is 17.5 Å². The first-order valence-electron chi connectivity index (χ1n) is 11.0. The van der Waals surface area contributed by atoms with E-state index in [1.807, 2.05) is 42.5 Å². The third-order valence-electron chi connectivity index (χ3n) is 5.98. The van der Waals surface area contributed by atoms with Crippen LogP contribution in [0.4, 0.5) is 5.69 Å². The Kier molecular flexibility index (Phi) is 6.41. The number of anilines is 1. The molecule has 1 fully saturated rings. The second-order valence-electron chi connectivity index (χ2n) is 7.99. The molecule has 2 heterocycles. The summed E-state index contributed by atoms with van der Waals surface area (Å²) < 4.78 is 12.7. The average molecular weight is 505 g/mol. The molecule has 168 valence electrons. The van der Waals surface area contributed by atoms with E-state index in [4.69, 9.17) is 9.15 Å². The van der Waals surface area contributed by atoms with Crippen molar-refractivity contribution in [3.8, 4) is 17.2 Å². The highest BCUT2D eigenvalue weighted by Crippen LogP contribution is 2.32. The summed E-state index contributed by atoms with van der Waals surface area (Å²) in [5, 5.41) is 8.82. The number of ether oxygens (including phenoxy) is 1. The standard InChI is InChI=1S/C26H25BrN4O2/c1-32-23-9-5-8-22(18-23)30-14-16-31(17-15-30)24(19-10-12-21(27)13-11-19)26-29-28-25(33-26)20-6-3-2-4-7-20/h2-13,18,24H,14-17H2,1H3/t24-/m0/s1. The second kappa shape index (κ2) is 9.77. The van der Waals surface area contributed by atoms with E-state index >= 15 is 0 Å². The van der Waals surface area contributed by atoms with Gasteiger partial charge in [-0.3, -0.25) is 4.90 Å². The van der Waals surface area contributed by atoms with Gasteiger partial charge in [-0.05, 0) is 42.0 Å². The molecule has 6 nitrogen and oxygen atoms in total. The number of piperazine rings is 1. The molecule has 1 saturated heterocycles. The van der Waals surface area contributed by atoms with Crippen LogP contribution < -0.4 is 9.64 Å². The van der Waals surface area contributed by atoms with Gasteiger partial charge in [-0.15, -0.1) is 10.2 Å². The molecule has 1 atom stereocenters. The van der Waals surface area contributed by atoms with Crippen molar-refractivity contribution in [2.75, 3.05) is 38.2 Å². The van der Waals surface area contributed by atoms with Crippen LogP contribution in [0.5, 0.6) is 5.75 Å². The molecular formula is C26H25BrN4O2. The maximum absolute atomic E-state index is 6.21. The number of aromatic nitrogens is 2. The van der Waals surface area contributed by atoms with E-state index in [-0.39, 0.29) is 6.04 Å². The summed E-state index contributed by atoms with van der Waals surface area (Å²) in [6.45, 7) is 3.56. The lowest BCUT2D eigenvalue weighted by Gasteiger charge is -2.39. The number of hydrogen-bond acceptors (Lipinski definition) is 6. The van der Waals surface area contributed by atoms with E-state index < -0.39 is 0 Å². The molecule has 0 spiro atoms. The number of methoxy groups -OCH3 is 1. The Bertz CT molecular complexity index is 1190. The van der Waals surface area contributed by atoms with Crippen molar-refractivity contribution in [1.82, 2.24) is 15.1 Å². The predicted octanol–water partition coefficient (Wildman–Crippen LogP) is 5.42. The van der Waals surface area contributed by atoms with E-state index in [0.29, 0.717) is 11.8 Å². The lowest BCUT2D eigenvalue weighted by Crippen LogP contribution is -2.48. The first kappa shape index (κ1) is 21.7. The maximum atomic E-state index is 6.21. The molecule has 0 bridgehead atoms. The normalized spacial score (nSPS) is 15.4. The Morgan fingerprint density at radius 2 is 1.64 bits per heavy atom. The van der Waals surface area contributed by atoms with Crippen LogP contribution in [0.2, 0.25) is 0 Å². The van der Waals surface area contributed by atoms with E-state index in [1.165, 1.54) is 5.69 Å². The van der Waals surface area contributed by atoms with Gasteiger partial charge in [0.05, 0.1) is 7.11 Å². The molecule has 0 unspecified atom stereocenters. The molecule has 0 saturated carbocycles. The van der Waals surface area contributed by atoms with Crippen molar-refractivity contribution in [3.05, 3.63) is 94.8 Å². The molecule has 4 aromatic rings. The summed E-state index contributed by atoms with van der Waals surface area (Å²) >= 11 is 3.55. The molecule has 5 rings (SSSR count). The highest BCUT2D eigenvalue weighted by Gasteiger charge is 2.31. The van der Waals surface area contributed by atoms with Crippen molar-refractivity contribution in [2.24, 2.45) is 0 Å². The first-order chi connectivity index (χ1) is 16.2. The Balaban J connectivity index is 1.40. The minimum Gasteiger partial charge on any atom is -0.497 e. The number of nitrogens with zero attached hydrogens (tertiary/aromatic N) is 4. The van der Waals surface area contributed by atoms with Gasteiger partial charge in [0.25, 0.3) is 0 Å². The van der Waals surface area contributed by atoms with Gasteiger partial charge >= 0.3 is 0 Å². The zero-order valence-electron chi connectivity index (χ0n) is 18.4. The van der Waals surface area contributed by atoms with Crippen LogP contribution in [-0.4, -0.2) is 48.4 Å². The monoisotopic (exact) mass is 504 g/mol. The highest BCUT2D eigenvalue weighted by molar-refractivity contribution is 9.10. The van der Waals surface area contributed by atoms with Gasteiger partial charge in [-0.25, -0.2) is 0 Å². The third-order valence-corrected chi connectivity index (χ3v) is 6.51. The molecule has 3 aromatic carbocycles. The van der Waals surface area contributed by atoms with Crippen molar-refractivity contribution in [3.63, 3.8) is 0 Å². The minimum absolute atomic E-state index is 0.101. The fourth-order valence-electron chi connectivity index (χ4n) is 4.24. The van der Waals surface area contributed by atoms with Crippen molar-refractivity contribution in [2.45, 2.75) is 6.04 Å². The second-order valence-corrected chi connectivity index (χ2v) is 8.91. The Morgan fingerprint density at radius 1 is 0.879 bits per heavy atom. The van der Waals surface area contributed by atoms with Gasteiger partial charge in [0.1, 0.15) is 11.8 Å². The fourth-order valence-corrected chi connectivity index (χ4v) is 4.51. The summed E-state index contributed by atoms with van der Waals surface area (Å²) in [7, 11) is 1.70. The van der Waals surface area contributed by atoms with Gasteiger partial charge in [0.15, 0.2) is 0 Å². The summed E-state index contributed by atoms with van der Waals surface area (Å²) in [6, 6.07) is 26.4. The van der Waals surface area contributed by atoms with Crippen molar-refractivity contribution in [1.29, 1.82) is 0 Å². The Labute approximate surface area is 201 Å². The molecular weight excluding hydrogens is 480 g/mol. The summed E-state index contributed by atoms with van der Waals surface area (Å²) in [4.78, 5) is 4.81. The predicted molar refractivity (Wildman–Crippen MR) is 132 cm³/mol. The zero-order valence-corrected chi connectivity index (χ0v) is 20.0. The highest BCUT2D eigenvalue weighted by atomic mass is 79.9. The molecule has 1 aliphatic heterocycles. The van der Waals surface area contributed by atoms with Crippen LogP contribution in [0.15, 0.2) is 87.8 Å². The maximum Gasteiger partial charge on any atom is 0.247 e. The third kappa shape index (κ3) is 4.79. The van der Waals surface area contributed by atoms with Crippen LogP contribution in [0.25, 0.3) is 11.5 Å². The average Bonchev–Trinajstić information content (AvgIpc) is 3.36. The zero-order chi connectivity index (χ0) is 22.6. The van der Waals surface area contributed by atoms with Crippen molar-refractivity contribution < 1.29 is 9.15 Å². The molecule has 1 aromatic heterocycles. The number of rotatable bonds is 6. The van der Waals surface area contributed by atoms with Crippen molar-refractivity contribution >= 4 is 21.6 Å². The van der Waals surface area contributed by atoms with Gasteiger partial charge in [0, 0.05) is 48.0 Å². The van der Waals surface area contributed by atoms with E-state index in [1.54, 1.807) is 7.11 Å². The molecule has 0 N–H and O–H groups in total. The van der Waals surface area contributed by atoms with Gasteiger partial charge in [0.2, 0.25) is 11.8 Å². The molecule has 7 heteroatoms. The first-order valence-corrected chi connectivity index (χ1v) is 11.8. The molecule has 0 radical (unpaired) electrons. The Hall–Kier alpha value is -3.16. The Morgan fingerprint density at radius 3 is 2.36 bits per heavy atom. The lowest BCUT2D eigenvalue weighted by molar-refractivity contribution is 0.188. The molecule has 0 aliphatic carbocycles. The number of halogens is 1. The molecule has 1 aliphatic rings. The van der Waals surface area contributed by atoms with Crippen LogP contribution >= 0.6 is 15.9 Å². The molecule has 33 heavy (non-hydrogen) atoms. The van der Waals surface area contributed by atoms with Crippen LogP contribution in [-0.2, 0) is 0 Å². The molecule has 0 amide bonds. The van der Waals surface area contributed by atoms with E-state index in [2.05, 4.69) is 72.3 Å². The van der Waals surface area contributed by atoms with Gasteiger partial charge in [-0.2, -0.15) is 0 Å². The fraction of sp³-hybridized carbons (Fsp3) is 0.231. The van der Waals surface area contributed by atoms with Crippen LogP contribution in [0, 0.1) is 0 Å². The largest absolute Gasteiger partial charge is 0.497 e.